The van der Waals surface area contributed by atoms with E-state index in [1.165, 1.54) is 0 Å². The molecule has 2 nitrogen and oxygen atoms in total. The molecule has 0 heterocycles. The fraction of sp³-hybridized carbons (Fsp3) is 0.125. The van der Waals surface area contributed by atoms with Gasteiger partial charge in [0.2, 0.25) is 0 Å². The highest BCUT2D eigenvalue weighted by atomic mass is 79.9. The number of nitrogens with zero attached hydrogens (tertiary/aromatic N) is 1. The van der Waals surface area contributed by atoms with Gasteiger partial charge in [-0.05, 0) is 17.7 Å². The third-order valence-corrected chi connectivity index (χ3v) is 1.84. The summed E-state index contributed by atoms with van der Waals surface area (Å²) >= 11 is 3.29. The Morgan fingerprint density at radius 3 is 2.82 bits per heavy atom. The van der Waals surface area contributed by atoms with Crippen LogP contribution in [0, 0.1) is 11.3 Å². The van der Waals surface area contributed by atoms with Gasteiger partial charge in [-0.2, -0.15) is 5.26 Å². The number of nitrogens with two attached hydrogens (primary N) is 1. The topological polar surface area (TPSA) is 49.8 Å². The second-order valence-corrected chi connectivity index (χ2v) is 3.08. The number of hydrogen-bond donors (Lipinski definition) is 1. The van der Waals surface area contributed by atoms with E-state index in [2.05, 4.69) is 15.9 Å². The number of hydrogen-bond acceptors (Lipinski definition) is 2. The van der Waals surface area contributed by atoms with Crippen LogP contribution in [0.25, 0.3) is 0 Å². The molecule has 56 valence electrons. The van der Waals surface area contributed by atoms with E-state index in [9.17, 15) is 0 Å². The van der Waals surface area contributed by atoms with Crippen LogP contribution in [0.4, 0.5) is 0 Å². The van der Waals surface area contributed by atoms with Crippen molar-refractivity contribution in [1.82, 2.24) is 0 Å². The standard InChI is InChI=1S/C8H7BrN2/c9-7-3-1-2-6(4-7)8(11)5-10/h1-4,8H,11H2/t8-/m0/s1. The fourth-order valence-electron chi connectivity index (χ4n) is 0.775. The summed E-state index contributed by atoms with van der Waals surface area (Å²) < 4.78 is 0.945. The SMILES string of the molecule is N#C[C@H](N)c1cccc(Br)c1. The van der Waals surface area contributed by atoms with Gasteiger partial charge < -0.3 is 5.73 Å². The molecule has 1 atom stereocenters. The van der Waals surface area contributed by atoms with Crippen molar-refractivity contribution in [2.75, 3.05) is 0 Å². The Bertz CT molecular complexity index is 290. The molecule has 0 saturated heterocycles. The Kier molecular flexibility index (Phi) is 2.64. The maximum atomic E-state index is 8.49. The molecular formula is C8H7BrN2. The molecule has 3 heteroatoms. The lowest BCUT2D eigenvalue weighted by Crippen LogP contribution is -2.06. The number of rotatable bonds is 1. The third kappa shape index (κ3) is 2.04. The van der Waals surface area contributed by atoms with E-state index in [0.29, 0.717) is 0 Å². The van der Waals surface area contributed by atoms with Crippen LogP contribution in [0.1, 0.15) is 11.6 Å². The van der Waals surface area contributed by atoms with E-state index in [1.807, 2.05) is 30.3 Å². The highest BCUT2D eigenvalue weighted by molar-refractivity contribution is 9.10. The predicted molar refractivity (Wildman–Crippen MR) is 46.7 cm³/mol. The molecule has 0 saturated carbocycles. The molecule has 2 N–H and O–H groups in total. The van der Waals surface area contributed by atoms with Crippen molar-refractivity contribution >= 4 is 15.9 Å². The minimum absolute atomic E-state index is 0.521. The van der Waals surface area contributed by atoms with E-state index in [1.54, 1.807) is 0 Å². The summed E-state index contributed by atoms with van der Waals surface area (Å²) in [6.45, 7) is 0. The van der Waals surface area contributed by atoms with Crippen molar-refractivity contribution in [2.45, 2.75) is 6.04 Å². The van der Waals surface area contributed by atoms with E-state index in [0.717, 1.165) is 10.0 Å². The Labute approximate surface area is 73.8 Å². The molecule has 0 aliphatic carbocycles. The molecule has 0 spiro atoms. The molecule has 0 bridgehead atoms. The van der Waals surface area contributed by atoms with Gasteiger partial charge in [-0.25, -0.2) is 0 Å². The van der Waals surface area contributed by atoms with E-state index < -0.39 is 6.04 Å². The molecule has 0 amide bonds. The summed E-state index contributed by atoms with van der Waals surface area (Å²) in [6, 6.07) is 8.87. The van der Waals surface area contributed by atoms with Crippen LogP contribution in [-0.2, 0) is 0 Å². The molecule has 0 aliphatic heterocycles. The van der Waals surface area contributed by atoms with Crippen molar-refractivity contribution < 1.29 is 0 Å². The average Bonchev–Trinajstić information content (AvgIpc) is 2.03. The van der Waals surface area contributed by atoms with Crippen LogP contribution in [0.5, 0.6) is 0 Å². The van der Waals surface area contributed by atoms with Gasteiger partial charge in [-0.1, -0.05) is 28.1 Å². The summed E-state index contributed by atoms with van der Waals surface area (Å²) in [5, 5.41) is 8.49. The van der Waals surface area contributed by atoms with Crippen LogP contribution >= 0.6 is 15.9 Å². The minimum atomic E-state index is -0.521. The molecule has 1 aromatic rings. The highest BCUT2D eigenvalue weighted by Gasteiger charge is 2.02. The lowest BCUT2D eigenvalue weighted by molar-refractivity contribution is 0.925. The zero-order valence-electron chi connectivity index (χ0n) is 5.79. The van der Waals surface area contributed by atoms with Gasteiger partial charge in [-0.15, -0.1) is 0 Å². The van der Waals surface area contributed by atoms with Crippen molar-refractivity contribution in [3.63, 3.8) is 0 Å². The van der Waals surface area contributed by atoms with Crippen molar-refractivity contribution in [3.8, 4) is 6.07 Å². The van der Waals surface area contributed by atoms with Crippen LogP contribution in [0.2, 0.25) is 0 Å². The molecule has 1 rings (SSSR count). The molecule has 0 unspecified atom stereocenters. The molecule has 1 aromatic carbocycles. The molecule has 0 aromatic heterocycles. The Hall–Kier alpha value is -0.850. The van der Waals surface area contributed by atoms with Crippen LogP contribution < -0.4 is 5.73 Å². The van der Waals surface area contributed by atoms with Crippen LogP contribution in [-0.4, -0.2) is 0 Å². The maximum Gasteiger partial charge on any atom is 0.118 e. The predicted octanol–water partition coefficient (Wildman–Crippen LogP) is 1.97. The van der Waals surface area contributed by atoms with Crippen molar-refractivity contribution in [3.05, 3.63) is 34.3 Å². The fourth-order valence-corrected chi connectivity index (χ4v) is 1.19. The second-order valence-electron chi connectivity index (χ2n) is 2.16. The van der Waals surface area contributed by atoms with Gasteiger partial charge in [0.1, 0.15) is 6.04 Å². The van der Waals surface area contributed by atoms with Crippen molar-refractivity contribution in [2.24, 2.45) is 5.73 Å². The summed E-state index contributed by atoms with van der Waals surface area (Å²) in [5.74, 6) is 0. The number of nitriles is 1. The third-order valence-electron chi connectivity index (χ3n) is 1.35. The van der Waals surface area contributed by atoms with Gasteiger partial charge in [0.25, 0.3) is 0 Å². The normalized spacial score (nSPS) is 12.1. The zero-order valence-corrected chi connectivity index (χ0v) is 7.38. The average molecular weight is 211 g/mol. The lowest BCUT2D eigenvalue weighted by atomic mass is 10.1. The molecule has 11 heavy (non-hydrogen) atoms. The first-order valence-corrected chi connectivity index (χ1v) is 3.94. The first kappa shape index (κ1) is 8.25. The smallest absolute Gasteiger partial charge is 0.118 e. The van der Waals surface area contributed by atoms with E-state index in [4.69, 9.17) is 11.0 Å². The van der Waals surface area contributed by atoms with Gasteiger partial charge in [0, 0.05) is 4.47 Å². The number of halogens is 1. The largest absolute Gasteiger partial charge is 0.312 e. The Morgan fingerprint density at radius 1 is 1.55 bits per heavy atom. The molecule has 0 radical (unpaired) electrons. The number of benzene rings is 1. The molecular weight excluding hydrogens is 204 g/mol. The van der Waals surface area contributed by atoms with Crippen molar-refractivity contribution in [1.29, 1.82) is 5.26 Å². The van der Waals surface area contributed by atoms with Crippen LogP contribution in [0.15, 0.2) is 28.7 Å². The van der Waals surface area contributed by atoms with E-state index >= 15 is 0 Å². The van der Waals surface area contributed by atoms with Crippen LogP contribution in [0.3, 0.4) is 0 Å². The maximum absolute atomic E-state index is 8.49. The summed E-state index contributed by atoms with van der Waals surface area (Å²) in [4.78, 5) is 0. The zero-order chi connectivity index (χ0) is 8.27. The van der Waals surface area contributed by atoms with Gasteiger partial charge in [-0.3, -0.25) is 0 Å². The first-order valence-electron chi connectivity index (χ1n) is 3.14. The lowest BCUT2D eigenvalue weighted by Gasteiger charge is -2.01. The highest BCUT2D eigenvalue weighted by Crippen LogP contribution is 2.15. The molecule has 0 fully saturated rings. The van der Waals surface area contributed by atoms with E-state index in [-0.39, 0.29) is 0 Å². The quantitative estimate of drug-likeness (QED) is 0.771. The minimum Gasteiger partial charge on any atom is -0.312 e. The second kappa shape index (κ2) is 3.51. The van der Waals surface area contributed by atoms with Gasteiger partial charge >= 0.3 is 0 Å². The van der Waals surface area contributed by atoms with Gasteiger partial charge in [0.15, 0.2) is 0 Å². The first-order chi connectivity index (χ1) is 5.24. The van der Waals surface area contributed by atoms with Gasteiger partial charge in [0.05, 0.1) is 6.07 Å². The summed E-state index contributed by atoms with van der Waals surface area (Å²) in [6.07, 6.45) is 0. The Morgan fingerprint density at radius 2 is 2.27 bits per heavy atom. The summed E-state index contributed by atoms with van der Waals surface area (Å²) in [7, 11) is 0. The Balaban J connectivity index is 2.98. The molecule has 0 aliphatic rings. The summed E-state index contributed by atoms with van der Waals surface area (Å²) in [5.41, 5.74) is 6.32. The monoisotopic (exact) mass is 210 g/mol.